The third-order valence-corrected chi connectivity index (χ3v) is 5.52. The first-order valence-corrected chi connectivity index (χ1v) is 8.52. The monoisotopic (exact) mass is 278 g/mol. The van der Waals surface area contributed by atoms with Crippen LogP contribution in [0.3, 0.4) is 0 Å². The van der Waals surface area contributed by atoms with Gasteiger partial charge in [-0.3, -0.25) is 11.3 Å². The lowest BCUT2D eigenvalue weighted by atomic mass is 10.0. The predicted molar refractivity (Wildman–Crippen MR) is 85.3 cm³/mol. The number of nitrogens with one attached hydrogen (secondary N) is 1. The number of hydrogen-bond acceptors (Lipinski definition) is 3. The molecule has 1 atom stereocenters. The normalized spacial score (nSPS) is 17.8. The van der Waals surface area contributed by atoms with Crippen molar-refractivity contribution < 1.29 is 0 Å². The molecule has 0 aromatic heterocycles. The van der Waals surface area contributed by atoms with Crippen molar-refractivity contribution in [2.75, 3.05) is 5.75 Å². The highest BCUT2D eigenvalue weighted by atomic mass is 32.2. The zero-order valence-corrected chi connectivity index (χ0v) is 12.7. The molecule has 1 aromatic carbocycles. The minimum Gasteiger partial charge on any atom is -0.271 e. The van der Waals surface area contributed by atoms with Gasteiger partial charge in [-0.05, 0) is 36.8 Å². The van der Waals surface area contributed by atoms with Gasteiger partial charge in [0.2, 0.25) is 0 Å². The molecular weight excluding hydrogens is 252 g/mol. The van der Waals surface area contributed by atoms with Crippen molar-refractivity contribution in [1.29, 1.82) is 0 Å². The summed E-state index contributed by atoms with van der Waals surface area (Å²) in [5.41, 5.74) is 5.77. The summed E-state index contributed by atoms with van der Waals surface area (Å²) < 4.78 is 0. The number of benzene rings is 1. The van der Waals surface area contributed by atoms with Crippen LogP contribution < -0.4 is 11.3 Å². The molecule has 1 saturated carbocycles. The Morgan fingerprint density at radius 2 is 1.84 bits per heavy atom. The predicted octanol–water partition coefficient (Wildman–Crippen LogP) is 3.30. The van der Waals surface area contributed by atoms with Crippen molar-refractivity contribution in [3.8, 4) is 0 Å². The number of nitrogens with two attached hydrogens (primary N) is 1. The van der Waals surface area contributed by atoms with E-state index in [0.717, 1.165) is 23.8 Å². The van der Waals surface area contributed by atoms with Crippen LogP contribution in [0.25, 0.3) is 0 Å². The second-order valence-corrected chi connectivity index (χ2v) is 6.81. The second-order valence-electron chi connectivity index (χ2n) is 5.48. The standard InChI is InChI=1S/C16H26N2S/c1-2-13-7-9-14(10-8-13)11-15(18-17)12-19-16-5-3-4-6-16/h7-10,15-16,18H,2-6,11-12,17H2,1H3. The summed E-state index contributed by atoms with van der Waals surface area (Å²) in [5.74, 6) is 6.82. The summed E-state index contributed by atoms with van der Waals surface area (Å²) >= 11 is 2.10. The molecule has 1 aromatic rings. The first-order valence-electron chi connectivity index (χ1n) is 7.47. The third-order valence-electron chi connectivity index (χ3n) is 3.98. The van der Waals surface area contributed by atoms with Crippen molar-refractivity contribution in [3.05, 3.63) is 35.4 Å². The van der Waals surface area contributed by atoms with Crippen molar-refractivity contribution in [1.82, 2.24) is 5.43 Å². The Bertz CT molecular complexity index is 358. The van der Waals surface area contributed by atoms with E-state index in [1.165, 1.54) is 36.8 Å². The topological polar surface area (TPSA) is 38.0 Å². The number of thioether (sulfide) groups is 1. The van der Waals surface area contributed by atoms with Crippen LogP contribution in [0.2, 0.25) is 0 Å². The van der Waals surface area contributed by atoms with Gasteiger partial charge in [-0.1, -0.05) is 44.0 Å². The largest absolute Gasteiger partial charge is 0.271 e. The first kappa shape index (κ1) is 14.9. The molecule has 0 saturated heterocycles. The van der Waals surface area contributed by atoms with E-state index in [4.69, 9.17) is 5.84 Å². The number of hydrazine groups is 1. The van der Waals surface area contributed by atoms with Gasteiger partial charge in [-0.2, -0.15) is 11.8 Å². The molecule has 0 amide bonds. The molecule has 1 fully saturated rings. The molecule has 1 aliphatic carbocycles. The molecule has 1 aliphatic rings. The lowest BCUT2D eigenvalue weighted by Crippen LogP contribution is -2.39. The Labute approximate surface area is 121 Å². The van der Waals surface area contributed by atoms with Crippen LogP contribution in [-0.2, 0) is 12.8 Å². The number of rotatable bonds is 7. The maximum absolute atomic E-state index is 5.70. The maximum Gasteiger partial charge on any atom is 0.0341 e. The van der Waals surface area contributed by atoms with Crippen LogP contribution in [0.4, 0.5) is 0 Å². The molecule has 106 valence electrons. The molecule has 0 aliphatic heterocycles. The van der Waals surface area contributed by atoms with Gasteiger partial charge in [-0.15, -0.1) is 0 Å². The lowest BCUT2D eigenvalue weighted by Gasteiger charge is -2.18. The van der Waals surface area contributed by atoms with Crippen molar-refractivity contribution >= 4 is 11.8 Å². The van der Waals surface area contributed by atoms with Gasteiger partial charge >= 0.3 is 0 Å². The van der Waals surface area contributed by atoms with E-state index in [-0.39, 0.29) is 0 Å². The van der Waals surface area contributed by atoms with Gasteiger partial charge in [0, 0.05) is 17.0 Å². The Morgan fingerprint density at radius 3 is 2.42 bits per heavy atom. The average Bonchev–Trinajstić information content (AvgIpc) is 2.97. The van der Waals surface area contributed by atoms with E-state index >= 15 is 0 Å². The van der Waals surface area contributed by atoms with Crippen LogP contribution in [0.15, 0.2) is 24.3 Å². The van der Waals surface area contributed by atoms with E-state index in [1.54, 1.807) is 0 Å². The molecule has 3 N–H and O–H groups in total. The van der Waals surface area contributed by atoms with Gasteiger partial charge in [0.05, 0.1) is 0 Å². The Hall–Kier alpha value is -0.510. The Kier molecular flexibility index (Phi) is 6.21. The summed E-state index contributed by atoms with van der Waals surface area (Å²) in [4.78, 5) is 0. The Morgan fingerprint density at radius 1 is 1.21 bits per heavy atom. The highest BCUT2D eigenvalue weighted by Gasteiger charge is 2.17. The highest BCUT2D eigenvalue weighted by molar-refractivity contribution is 7.99. The van der Waals surface area contributed by atoms with Crippen molar-refractivity contribution in [3.63, 3.8) is 0 Å². The van der Waals surface area contributed by atoms with Crippen LogP contribution in [0, 0.1) is 0 Å². The summed E-state index contributed by atoms with van der Waals surface area (Å²) in [6.07, 6.45) is 7.75. The SMILES string of the molecule is CCc1ccc(CC(CSC2CCCC2)NN)cc1. The molecule has 0 spiro atoms. The van der Waals surface area contributed by atoms with Crippen LogP contribution in [0.1, 0.15) is 43.7 Å². The average molecular weight is 278 g/mol. The Balaban J connectivity index is 1.79. The van der Waals surface area contributed by atoms with Crippen LogP contribution in [0.5, 0.6) is 0 Å². The first-order chi connectivity index (χ1) is 9.31. The molecule has 0 heterocycles. The molecule has 1 unspecified atom stereocenters. The van der Waals surface area contributed by atoms with Gasteiger partial charge in [0.15, 0.2) is 0 Å². The maximum atomic E-state index is 5.70. The van der Waals surface area contributed by atoms with E-state index < -0.39 is 0 Å². The van der Waals surface area contributed by atoms with Crippen LogP contribution in [-0.4, -0.2) is 17.0 Å². The molecule has 3 heteroatoms. The van der Waals surface area contributed by atoms with E-state index in [0.29, 0.717) is 6.04 Å². The summed E-state index contributed by atoms with van der Waals surface area (Å²) in [5, 5.41) is 0.873. The third kappa shape index (κ3) is 4.83. The van der Waals surface area contributed by atoms with E-state index in [1.807, 2.05) is 0 Å². The summed E-state index contributed by atoms with van der Waals surface area (Å²) in [7, 11) is 0. The fourth-order valence-electron chi connectivity index (χ4n) is 2.67. The molecule has 0 bridgehead atoms. The molecule has 19 heavy (non-hydrogen) atoms. The van der Waals surface area contributed by atoms with Crippen LogP contribution >= 0.6 is 11.8 Å². The molecule has 0 radical (unpaired) electrons. The number of hydrogen-bond donors (Lipinski definition) is 2. The molecular formula is C16H26N2S. The van der Waals surface area contributed by atoms with Crippen molar-refractivity contribution in [2.45, 2.75) is 56.7 Å². The quantitative estimate of drug-likeness (QED) is 0.594. The fraction of sp³-hybridized carbons (Fsp3) is 0.625. The van der Waals surface area contributed by atoms with Crippen molar-refractivity contribution in [2.24, 2.45) is 5.84 Å². The van der Waals surface area contributed by atoms with Gasteiger partial charge in [0.25, 0.3) is 0 Å². The lowest BCUT2D eigenvalue weighted by molar-refractivity contribution is 0.574. The van der Waals surface area contributed by atoms with Gasteiger partial charge < -0.3 is 0 Å². The number of aryl methyl sites for hydroxylation is 1. The minimum atomic E-state index is 0.387. The molecule has 2 rings (SSSR count). The van der Waals surface area contributed by atoms with E-state index in [2.05, 4.69) is 48.4 Å². The summed E-state index contributed by atoms with van der Waals surface area (Å²) in [6, 6.07) is 9.32. The van der Waals surface area contributed by atoms with Gasteiger partial charge in [0.1, 0.15) is 0 Å². The fourth-order valence-corrected chi connectivity index (χ4v) is 4.05. The summed E-state index contributed by atoms with van der Waals surface area (Å²) in [6.45, 7) is 2.19. The zero-order chi connectivity index (χ0) is 13.5. The zero-order valence-electron chi connectivity index (χ0n) is 11.9. The second kappa shape index (κ2) is 7.93. The highest BCUT2D eigenvalue weighted by Crippen LogP contribution is 2.29. The minimum absolute atomic E-state index is 0.387. The van der Waals surface area contributed by atoms with E-state index in [9.17, 15) is 0 Å². The molecule has 2 nitrogen and oxygen atoms in total. The van der Waals surface area contributed by atoms with Gasteiger partial charge in [-0.25, -0.2) is 0 Å². The smallest absolute Gasteiger partial charge is 0.0341 e.